The van der Waals surface area contributed by atoms with Crippen molar-refractivity contribution in [2.45, 2.75) is 31.3 Å². The monoisotopic (exact) mass is 278 g/mol. The summed E-state index contributed by atoms with van der Waals surface area (Å²) in [7, 11) is 2.13. The van der Waals surface area contributed by atoms with Crippen LogP contribution in [0.2, 0.25) is 0 Å². The van der Waals surface area contributed by atoms with E-state index in [0.717, 1.165) is 25.9 Å². The molecular formula is C12H18N6O2. The number of aromatic nitrogens is 2. The maximum absolute atomic E-state index is 11.2. The van der Waals surface area contributed by atoms with Crippen LogP contribution in [-0.4, -0.2) is 52.0 Å². The standard InChI is InChI=1S/C12H18N6O2/c1-16-8-2-3-9(16)6-17(5-4-8)12-10(18(19)20)11(13)14-7-15-12/h7-9H,2-6H2,1H3,(H2,13,14,15). The number of nitrogen functional groups attached to an aromatic ring is 1. The van der Waals surface area contributed by atoms with Gasteiger partial charge in [0.25, 0.3) is 0 Å². The van der Waals surface area contributed by atoms with E-state index in [2.05, 4.69) is 21.9 Å². The van der Waals surface area contributed by atoms with Crippen molar-refractivity contribution in [2.24, 2.45) is 0 Å². The van der Waals surface area contributed by atoms with Crippen LogP contribution < -0.4 is 10.6 Å². The van der Waals surface area contributed by atoms with Gasteiger partial charge in [-0.05, 0) is 26.3 Å². The van der Waals surface area contributed by atoms with Gasteiger partial charge in [-0.15, -0.1) is 0 Å². The molecule has 3 heterocycles. The van der Waals surface area contributed by atoms with Gasteiger partial charge < -0.3 is 10.6 Å². The van der Waals surface area contributed by atoms with E-state index >= 15 is 0 Å². The van der Waals surface area contributed by atoms with Crippen LogP contribution in [-0.2, 0) is 0 Å². The molecule has 1 aromatic rings. The Morgan fingerprint density at radius 1 is 1.35 bits per heavy atom. The Morgan fingerprint density at radius 3 is 2.85 bits per heavy atom. The van der Waals surface area contributed by atoms with E-state index in [4.69, 9.17) is 5.73 Å². The zero-order chi connectivity index (χ0) is 14.3. The first-order valence-corrected chi connectivity index (χ1v) is 6.79. The molecule has 0 radical (unpaired) electrons. The van der Waals surface area contributed by atoms with Crippen molar-refractivity contribution in [2.75, 3.05) is 30.8 Å². The number of nitro groups is 1. The molecule has 8 nitrogen and oxygen atoms in total. The van der Waals surface area contributed by atoms with Crippen LogP contribution in [0.4, 0.5) is 17.3 Å². The lowest BCUT2D eigenvalue weighted by molar-refractivity contribution is -0.383. The Morgan fingerprint density at radius 2 is 2.10 bits per heavy atom. The molecule has 20 heavy (non-hydrogen) atoms. The number of anilines is 2. The lowest BCUT2D eigenvalue weighted by Crippen LogP contribution is -2.37. The van der Waals surface area contributed by atoms with Gasteiger partial charge in [0.05, 0.1) is 4.92 Å². The smallest absolute Gasteiger partial charge is 0.353 e. The van der Waals surface area contributed by atoms with Crippen LogP contribution in [0.25, 0.3) is 0 Å². The van der Waals surface area contributed by atoms with Gasteiger partial charge in [-0.3, -0.25) is 15.0 Å². The summed E-state index contributed by atoms with van der Waals surface area (Å²) in [5.41, 5.74) is 5.47. The molecule has 2 aliphatic heterocycles. The Bertz CT molecular complexity index is 537. The van der Waals surface area contributed by atoms with E-state index in [1.165, 1.54) is 12.7 Å². The Hall–Kier alpha value is -1.96. The number of hydrogen-bond donors (Lipinski definition) is 1. The number of fused-ring (bicyclic) bond motifs is 2. The van der Waals surface area contributed by atoms with Gasteiger partial charge >= 0.3 is 5.69 Å². The maximum atomic E-state index is 11.2. The molecule has 2 unspecified atom stereocenters. The molecule has 0 aromatic carbocycles. The van der Waals surface area contributed by atoms with Gasteiger partial charge in [-0.2, -0.15) is 0 Å². The van der Waals surface area contributed by atoms with E-state index < -0.39 is 4.92 Å². The first kappa shape index (κ1) is 13.0. The summed E-state index contributed by atoms with van der Waals surface area (Å²) >= 11 is 0. The summed E-state index contributed by atoms with van der Waals surface area (Å²) in [6.45, 7) is 1.52. The number of hydrogen-bond acceptors (Lipinski definition) is 7. The van der Waals surface area contributed by atoms with Gasteiger partial charge in [-0.25, -0.2) is 9.97 Å². The van der Waals surface area contributed by atoms with Gasteiger partial charge in [0, 0.05) is 25.2 Å². The van der Waals surface area contributed by atoms with Crippen molar-refractivity contribution in [3.05, 3.63) is 16.4 Å². The van der Waals surface area contributed by atoms with Gasteiger partial charge in [0.15, 0.2) is 0 Å². The molecule has 0 saturated carbocycles. The van der Waals surface area contributed by atoms with Gasteiger partial charge in [-0.1, -0.05) is 0 Å². The van der Waals surface area contributed by atoms with E-state index in [0.29, 0.717) is 17.9 Å². The van der Waals surface area contributed by atoms with Crippen LogP contribution >= 0.6 is 0 Å². The highest BCUT2D eigenvalue weighted by atomic mass is 16.6. The fourth-order valence-corrected chi connectivity index (χ4v) is 3.29. The molecule has 1 aromatic heterocycles. The summed E-state index contributed by atoms with van der Waals surface area (Å²) in [4.78, 5) is 22.9. The molecule has 2 N–H and O–H groups in total. The van der Waals surface area contributed by atoms with Crippen molar-refractivity contribution in [3.8, 4) is 0 Å². The van der Waals surface area contributed by atoms with Crippen LogP contribution in [0.15, 0.2) is 6.33 Å². The van der Waals surface area contributed by atoms with Crippen LogP contribution in [0, 0.1) is 10.1 Å². The van der Waals surface area contributed by atoms with Crippen molar-refractivity contribution >= 4 is 17.3 Å². The van der Waals surface area contributed by atoms with E-state index in [9.17, 15) is 10.1 Å². The number of nitrogens with two attached hydrogens (primary N) is 1. The minimum atomic E-state index is -0.489. The average molecular weight is 278 g/mol. The van der Waals surface area contributed by atoms with E-state index in [1.807, 2.05) is 4.90 Å². The number of nitrogens with zero attached hydrogens (tertiary/aromatic N) is 5. The zero-order valence-corrected chi connectivity index (χ0v) is 11.4. The minimum absolute atomic E-state index is 0.0669. The van der Waals surface area contributed by atoms with Crippen molar-refractivity contribution in [3.63, 3.8) is 0 Å². The highest BCUT2D eigenvalue weighted by Crippen LogP contribution is 2.34. The fourth-order valence-electron chi connectivity index (χ4n) is 3.29. The molecule has 2 bridgehead atoms. The number of likely N-dealkylation sites (N-methyl/N-ethyl adjacent to an activating group) is 1. The predicted molar refractivity (Wildman–Crippen MR) is 74.5 cm³/mol. The van der Waals surface area contributed by atoms with Gasteiger partial charge in [0.1, 0.15) is 6.33 Å². The Kier molecular flexibility index (Phi) is 3.17. The third-order valence-corrected chi connectivity index (χ3v) is 4.46. The van der Waals surface area contributed by atoms with E-state index in [1.54, 1.807) is 0 Å². The first-order valence-electron chi connectivity index (χ1n) is 6.79. The average Bonchev–Trinajstić information content (AvgIpc) is 2.62. The summed E-state index contributed by atoms with van der Waals surface area (Å²) in [5, 5.41) is 11.2. The zero-order valence-electron chi connectivity index (χ0n) is 11.4. The second-order valence-corrected chi connectivity index (χ2v) is 5.47. The molecule has 8 heteroatoms. The van der Waals surface area contributed by atoms with E-state index in [-0.39, 0.29) is 11.5 Å². The summed E-state index contributed by atoms with van der Waals surface area (Å²) in [6.07, 6.45) is 4.63. The second-order valence-electron chi connectivity index (χ2n) is 5.47. The Balaban J connectivity index is 1.94. The molecule has 2 aliphatic rings. The van der Waals surface area contributed by atoms with Crippen LogP contribution in [0.5, 0.6) is 0 Å². The maximum Gasteiger partial charge on any atom is 0.353 e. The summed E-state index contributed by atoms with van der Waals surface area (Å²) < 4.78 is 0. The quantitative estimate of drug-likeness (QED) is 0.625. The van der Waals surface area contributed by atoms with Gasteiger partial charge in [0.2, 0.25) is 11.6 Å². The van der Waals surface area contributed by atoms with Crippen LogP contribution in [0.1, 0.15) is 19.3 Å². The third-order valence-electron chi connectivity index (χ3n) is 4.46. The second kappa shape index (κ2) is 4.86. The molecule has 2 atom stereocenters. The third kappa shape index (κ3) is 2.05. The topological polar surface area (TPSA) is 101 Å². The van der Waals surface area contributed by atoms with Crippen LogP contribution in [0.3, 0.4) is 0 Å². The Labute approximate surface area is 116 Å². The summed E-state index contributed by atoms with van der Waals surface area (Å²) in [6, 6.07) is 1.00. The number of rotatable bonds is 2. The molecular weight excluding hydrogens is 260 g/mol. The highest BCUT2D eigenvalue weighted by Gasteiger charge is 2.37. The largest absolute Gasteiger partial charge is 0.378 e. The lowest BCUT2D eigenvalue weighted by atomic mass is 10.1. The van der Waals surface area contributed by atoms with Crippen molar-refractivity contribution < 1.29 is 4.92 Å². The molecule has 108 valence electrons. The molecule has 0 spiro atoms. The minimum Gasteiger partial charge on any atom is -0.378 e. The predicted octanol–water partition coefficient (Wildman–Crippen LogP) is 0.640. The summed E-state index contributed by atoms with van der Waals surface area (Å²) in [5.74, 6) is 0.284. The molecule has 2 saturated heterocycles. The fraction of sp³-hybridized carbons (Fsp3) is 0.667. The lowest BCUT2D eigenvalue weighted by Gasteiger charge is -2.26. The molecule has 3 rings (SSSR count). The normalized spacial score (nSPS) is 26.6. The molecule has 0 aliphatic carbocycles. The van der Waals surface area contributed by atoms with Crippen molar-refractivity contribution in [1.82, 2.24) is 14.9 Å². The molecule has 2 fully saturated rings. The SMILES string of the molecule is CN1C2CCC1CN(c1ncnc(N)c1[N+](=O)[O-])CC2. The van der Waals surface area contributed by atoms with Crippen molar-refractivity contribution in [1.29, 1.82) is 0 Å². The first-order chi connectivity index (χ1) is 9.58. The highest BCUT2D eigenvalue weighted by molar-refractivity contribution is 5.68. The molecule has 0 amide bonds.